The number of likely N-dealkylation sites (N-methyl/N-ethyl adjacent to an activating group) is 1. The summed E-state index contributed by atoms with van der Waals surface area (Å²) in [6.07, 6.45) is 5.16. The molecule has 0 atom stereocenters. The quantitative estimate of drug-likeness (QED) is 0.838. The van der Waals surface area contributed by atoms with Crippen molar-refractivity contribution < 1.29 is 0 Å². The lowest BCUT2D eigenvalue weighted by molar-refractivity contribution is 0.360. The molecule has 1 fully saturated rings. The molecule has 1 aliphatic heterocycles. The maximum atomic E-state index is 4.41. The molecule has 0 saturated carbocycles. The molecule has 0 amide bonds. The Morgan fingerprint density at radius 1 is 1.11 bits per heavy atom. The van der Waals surface area contributed by atoms with Crippen molar-refractivity contribution in [2.75, 3.05) is 38.1 Å². The zero-order valence-corrected chi connectivity index (χ0v) is 12.1. The lowest BCUT2D eigenvalue weighted by atomic mass is 10.1. The molecular formula is C15H19N3S. The summed E-state index contributed by atoms with van der Waals surface area (Å²) >= 11 is 1.73. The van der Waals surface area contributed by atoms with E-state index in [9.17, 15) is 0 Å². The van der Waals surface area contributed by atoms with Gasteiger partial charge in [-0.1, -0.05) is 0 Å². The van der Waals surface area contributed by atoms with Crippen LogP contribution < -0.4 is 4.90 Å². The van der Waals surface area contributed by atoms with Crippen LogP contribution in [0.2, 0.25) is 0 Å². The summed E-state index contributed by atoms with van der Waals surface area (Å²) in [7, 11) is 2.20. The fourth-order valence-corrected chi connectivity index (χ4v) is 3.16. The van der Waals surface area contributed by atoms with Crippen molar-refractivity contribution in [1.29, 1.82) is 0 Å². The molecule has 0 unspecified atom stereocenters. The van der Waals surface area contributed by atoms with Gasteiger partial charge in [0.1, 0.15) is 0 Å². The number of anilines is 1. The lowest BCUT2D eigenvalue weighted by Crippen LogP contribution is -2.28. The maximum Gasteiger partial charge on any atom is 0.0559 e. The van der Waals surface area contributed by atoms with Crippen LogP contribution in [-0.2, 0) is 0 Å². The van der Waals surface area contributed by atoms with Crippen LogP contribution >= 0.6 is 11.3 Å². The molecule has 0 spiro atoms. The maximum absolute atomic E-state index is 4.41. The second kappa shape index (κ2) is 5.72. The minimum Gasteiger partial charge on any atom is -0.369 e. The first-order valence-electron chi connectivity index (χ1n) is 6.74. The first-order chi connectivity index (χ1) is 9.33. The summed E-state index contributed by atoms with van der Waals surface area (Å²) in [6.45, 7) is 4.53. The Balaban J connectivity index is 1.83. The molecule has 3 nitrogen and oxygen atoms in total. The summed E-state index contributed by atoms with van der Waals surface area (Å²) in [4.78, 5) is 9.26. The zero-order chi connectivity index (χ0) is 13.1. The van der Waals surface area contributed by atoms with Crippen molar-refractivity contribution >= 4 is 17.0 Å². The third-order valence-corrected chi connectivity index (χ3v) is 4.35. The molecular weight excluding hydrogens is 254 g/mol. The number of nitrogens with zero attached hydrogens (tertiary/aromatic N) is 3. The van der Waals surface area contributed by atoms with E-state index in [4.69, 9.17) is 0 Å². The molecule has 4 heteroatoms. The molecule has 1 aliphatic rings. The van der Waals surface area contributed by atoms with Gasteiger partial charge in [-0.15, -0.1) is 0 Å². The van der Waals surface area contributed by atoms with Gasteiger partial charge in [0.2, 0.25) is 0 Å². The molecule has 3 rings (SSSR count). The number of pyridine rings is 1. The van der Waals surface area contributed by atoms with E-state index in [1.807, 2.05) is 12.4 Å². The second-order valence-electron chi connectivity index (χ2n) is 5.09. The van der Waals surface area contributed by atoms with Crippen LogP contribution in [0, 0.1) is 0 Å². The standard InChI is InChI=1S/C15H19N3S/c1-17-4-2-5-18(7-6-17)15-9-14(10-16-11-15)13-3-8-19-12-13/h3,8-12H,2,4-7H2,1H3. The van der Waals surface area contributed by atoms with E-state index in [2.05, 4.69) is 44.7 Å². The predicted molar refractivity (Wildman–Crippen MR) is 81.9 cm³/mol. The third-order valence-electron chi connectivity index (χ3n) is 3.66. The van der Waals surface area contributed by atoms with Crippen LogP contribution in [0.15, 0.2) is 35.3 Å². The SMILES string of the molecule is CN1CCCN(c2cncc(-c3ccsc3)c2)CC1. The number of hydrogen-bond donors (Lipinski definition) is 0. The first-order valence-corrected chi connectivity index (χ1v) is 7.68. The number of rotatable bonds is 2. The Labute approximate surface area is 118 Å². The molecule has 1 saturated heterocycles. The molecule has 0 bridgehead atoms. The summed E-state index contributed by atoms with van der Waals surface area (Å²) in [5.41, 5.74) is 3.74. The van der Waals surface area contributed by atoms with Crippen LogP contribution in [0.3, 0.4) is 0 Å². The summed E-state index contributed by atoms with van der Waals surface area (Å²) in [6, 6.07) is 4.42. The summed E-state index contributed by atoms with van der Waals surface area (Å²) in [5, 5.41) is 4.29. The van der Waals surface area contributed by atoms with E-state index in [1.54, 1.807) is 11.3 Å². The van der Waals surface area contributed by atoms with Gasteiger partial charge in [-0.05, 0) is 48.5 Å². The van der Waals surface area contributed by atoms with Crippen LogP contribution in [-0.4, -0.2) is 43.1 Å². The van der Waals surface area contributed by atoms with Crippen LogP contribution in [0.4, 0.5) is 5.69 Å². The average molecular weight is 273 g/mol. The normalized spacial score (nSPS) is 17.4. The summed E-state index contributed by atoms with van der Waals surface area (Å²) in [5.74, 6) is 0. The Morgan fingerprint density at radius 2 is 2.05 bits per heavy atom. The molecule has 100 valence electrons. The fourth-order valence-electron chi connectivity index (χ4n) is 2.49. The number of aromatic nitrogens is 1. The third kappa shape index (κ3) is 2.96. The van der Waals surface area contributed by atoms with Gasteiger partial charge in [-0.3, -0.25) is 4.98 Å². The van der Waals surface area contributed by atoms with E-state index in [0.29, 0.717) is 0 Å². The average Bonchev–Trinajstić information content (AvgIpc) is 2.89. The van der Waals surface area contributed by atoms with Gasteiger partial charge in [-0.2, -0.15) is 11.3 Å². The van der Waals surface area contributed by atoms with E-state index in [0.717, 1.165) is 19.6 Å². The largest absolute Gasteiger partial charge is 0.369 e. The van der Waals surface area contributed by atoms with E-state index in [-0.39, 0.29) is 0 Å². The molecule has 19 heavy (non-hydrogen) atoms. The van der Waals surface area contributed by atoms with Crippen molar-refractivity contribution in [3.63, 3.8) is 0 Å². The highest BCUT2D eigenvalue weighted by Crippen LogP contribution is 2.25. The van der Waals surface area contributed by atoms with Gasteiger partial charge in [0.25, 0.3) is 0 Å². The highest BCUT2D eigenvalue weighted by Gasteiger charge is 2.13. The minimum absolute atomic E-state index is 1.09. The Morgan fingerprint density at radius 3 is 2.89 bits per heavy atom. The first kappa shape index (κ1) is 12.6. The highest BCUT2D eigenvalue weighted by molar-refractivity contribution is 7.08. The van der Waals surface area contributed by atoms with Crippen molar-refractivity contribution in [2.45, 2.75) is 6.42 Å². The van der Waals surface area contributed by atoms with Gasteiger partial charge >= 0.3 is 0 Å². The van der Waals surface area contributed by atoms with Crippen molar-refractivity contribution in [1.82, 2.24) is 9.88 Å². The van der Waals surface area contributed by atoms with Gasteiger partial charge < -0.3 is 9.80 Å². The molecule has 2 aromatic rings. The number of hydrogen-bond acceptors (Lipinski definition) is 4. The van der Waals surface area contributed by atoms with Crippen LogP contribution in [0.25, 0.3) is 11.1 Å². The van der Waals surface area contributed by atoms with E-state index >= 15 is 0 Å². The predicted octanol–water partition coefficient (Wildman–Crippen LogP) is 2.95. The highest BCUT2D eigenvalue weighted by atomic mass is 32.1. The molecule has 2 aromatic heterocycles. The number of thiophene rings is 1. The Kier molecular flexibility index (Phi) is 3.80. The second-order valence-corrected chi connectivity index (χ2v) is 5.87. The Bertz CT molecular complexity index is 524. The topological polar surface area (TPSA) is 19.4 Å². The van der Waals surface area contributed by atoms with Crippen molar-refractivity contribution in [3.05, 3.63) is 35.3 Å². The Hall–Kier alpha value is -1.39. The zero-order valence-electron chi connectivity index (χ0n) is 11.2. The van der Waals surface area contributed by atoms with E-state index < -0.39 is 0 Å². The van der Waals surface area contributed by atoms with Crippen LogP contribution in [0.5, 0.6) is 0 Å². The minimum atomic E-state index is 1.09. The van der Waals surface area contributed by atoms with Gasteiger partial charge in [0.15, 0.2) is 0 Å². The van der Waals surface area contributed by atoms with Crippen LogP contribution in [0.1, 0.15) is 6.42 Å². The van der Waals surface area contributed by atoms with Crippen molar-refractivity contribution in [2.24, 2.45) is 0 Å². The van der Waals surface area contributed by atoms with Gasteiger partial charge in [0, 0.05) is 31.4 Å². The van der Waals surface area contributed by atoms with Gasteiger partial charge in [-0.25, -0.2) is 0 Å². The molecule has 0 N–H and O–H groups in total. The van der Waals surface area contributed by atoms with E-state index in [1.165, 1.54) is 29.8 Å². The molecule has 0 aliphatic carbocycles. The lowest BCUT2D eigenvalue weighted by Gasteiger charge is -2.22. The smallest absolute Gasteiger partial charge is 0.0559 e. The van der Waals surface area contributed by atoms with Gasteiger partial charge in [0.05, 0.1) is 11.9 Å². The fraction of sp³-hybridized carbons (Fsp3) is 0.400. The monoisotopic (exact) mass is 273 g/mol. The molecule has 3 heterocycles. The molecule has 0 radical (unpaired) electrons. The summed E-state index contributed by atoms with van der Waals surface area (Å²) < 4.78 is 0. The van der Waals surface area contributed by atoms with Crippen molar-refractivity contribution in [3.8, 4) is 11.1 Å². The molecule has 0 aromatic carbocycles.